The lowest BCUT2D eigenvalue weighted by Crippen LogP contribution is -2.43. The summed E-state index contributed by atoms with van der Waals surface area (Å²) in [7, 11) is 3.40. The molecule has 148 valence electrons. The number of carbonyl (C=O) groups is 1. The molecule has 5 heterocycles. The van der Waals surface area contributed by atoms with E-state index in [9.17, 15) is 4.79 Å². The molecule has 0 unspecified atom stereocenters. The molecule has 1 aliphatic rings. The molecule has 0 bridgehead atoms. The van der Waals surface area contributed by atoms with E-state index in [1.165, 1.54) is 6.33 Å². The van der Waals surface area contributed by atoms with Gasteiger partial charge in [0.25, 0.3) is 0 Å². The van der Waals surface area contributed by atoms with Crippen molar-refractivity contribution >= 4 is 28.5 Å². The number of methoxy groups -OCH3 is 1. The maximum atomic E-state index is 11.7. The zero-order chi connectivity index (χ0) is 20.0. The first-order valence-electron chi connectivity index (χ1n) is 9.36. The van der Waals surface area contributed by atoms with Gasteiger partial charge in [-0.15, -0.1) is 0 Å². The van der Waals surface area contributed by atoms with E-state index in [1.54, 1.807) is 16.5 Å². The van der Waals surface area contributed by atoms with E-state index in [0.717, 1.165) is 28.6 Å². The van der Waals surface area contributed by atoms with Crippen LogP contribution in [0.5, 0.6) is 5.88 Å². The number of ether oxygens (including phenoxy) is 1. The molecule has 0 aliphatic carbocycles. The number of likely N-dealkylation sites (tertiary alicyclic amines) is 1. The average Bonchev–Trinajstić information content (AvgIpc) is 3.36. The Morgan fingerprint density at radius 1 is 1.31 bits per heavy atom. The molecule has 2 N–H and O–H groups in total. The fraction of sp³-hybridized carbons (Fsp3) is 0.316. The summed E-state index contributed by atoms with van der Waals surface area (Å²) < 4.78 is 7.30. The van der Waals surface area contributed by atoms with Crippen LogP contribution in [0.15, 0.2) is 30.9 Å². The van der Waals surface area contributed by atoms with Gasteiger partial charge in [0.15, 0.2) is 5.65 Å². The molecule has 1 fully saturated rings. The van der Waals surface area contributed by atoms with Gasteiger partial charge in [-0.1, -0.05) is 0 Å². The van der Waals surface area contributed by atoms with Crippen LogP contribution in [0.1, 0.15) is 12.8 Å². The number of carbonyl (C=O) groups excluding carboxylic acids is 1. The van der Waals surface area contributed by atoms with Crippen LogP contribution >= 0.6 is 0 Å². The Morgan fingerprint density at radius 2 is 2.21 bits per heavy atom. The summed E-state index contributed by atoms with van der Waals surface area (Å²) in [6.45, 7) is 0.621. The number of aromatic amines is 1. The Bertz CT molecular complexity index is 1210. The molecule has 4 aromatic rings. The van der Waals surface area contributed by atoms with Crippen LogP contribution in [-0.2, 0) is 4.79 Å². The fourth-order valence-corrected chi connectivity index (χ4v) is 3.73. The average molecular weight is 392 g/mol. The number of hydrogen-bond donors (Lipinski definition) is 2. The van der Waals surface area contributed by atoms with Gasteiger partial charge in [0, 0.05) is 49.6 Å². The first kappa shape index (κ1) is 17.4. The summed E-state index contributed by atoms with van der Waals surface area (Å²) in [4.78, 5) is 30.0. The Hall–Kier alpha value is -3.69. The van der Waals surface area contributed by atoms with Crippen LogP contribution in [0.4, 0.5) is 5.95 Å². The normalized spacial score (nSPS) is 17.2. The minimum atomic E-state index is 0.101. The second-order valence-electron chi connectivity index (χ2n) is 7.12. The molecule has 10 nitrogen and oxygen atoms in total. The van der Waals surface area contributed by atoms with Gasteiger partial charge in [0.1, 0.15) is 12.0 Å². The highest BCUT2D eigenvalue weighted by atomic mass is 16.5. The molecular formula is C19H20N8O2. The molecule has 0 radical (unpaired) electrons. The largest absolute Gasteiger partial charge is 0.480 e. The van der Waals surface area contributed by atoms with Gasteiger partial charge in [0.2, 0.25) is 17.7 Å². The van der Waals surface area contributed by atoms with Gasteiger partial charge >= 0.3 is 0 Å². The van der Waals surface area contributed by atoms with Crippen LogP contribution in [-0.4, -0.2) is 67.1 Å². The number of aromatic nitrogens is 6. The second kappa shape index (κ2) is 6.73. The lowest BCUT2D eigenvalue weighted by molar-refractivity contribution is -0.132. The fourth-order valence-electron chi connectivity index (χ4n) is 3.73. The Kier molecular flexibility index (Phi) is 4.04. The van der Waals surface area contributed by atoms with E-state index >= 15 is 0 Å². The number of fused-ring (bicyclic) bond motifs is 2. The molecule has 5 rings (SSSR count). The van der Waals surface area contributed by atoms with E-state index in [0.29, 0.717) is 30.4 Å². The zero-order valence-electron chi connectivity index (χ0n) is 16.1. The molecule has 10 heteroatoms. The number of H-pyrrole nitrogens is 1. The summed E-state index contributed by atoms with van der Waals surface area (Å²) in [5, 5.41) is 8.33. The van der Waals surface area contributed by atoms with Gasteiger partial charge in [-0.2, -0.15) is 15.1 Å². The van der Waals surface area contributed by atoms with Crippen molar-refractivity contribution in [3.8, 4) is 17.0 Å². The van der Waals surface area contributed by atoms with Gasteiger partial charge < -0.3 is 19.9 Å². The van der Waals surface area contributed by atoms with E-state index < -0.39 is 0 Å². The van der Waals surface area contributed by atoms with Crippen molar-refractivity contribution in [2.45, 2.75) is 18.9 Å². The van der Waals surface area contributed by atoms with Gasteiger partial charge in [-0.3, -0.25) is 4.79 Å². The zero-order valence-corrected chi connectivity index (χ0v) is 16.1. The number of piperidine rings is 1. The summed E-state index contributed by atoms with van der Waals surface area (Å²) in [6.07, 6.45) is 6.58. The highest BCUT2D eigenvalue weighted by Crippen LogP contribution is 2.34. The van der Waals surface area contributed by atoms with Crippen LogP contribution in [0.2, 0.25) is 0 Å². The predicted molar refractivity (Wildman–Crippen MR) is 107 cm³/mol. The topological polar surface area (TPSA) is 113 Å². The highest BCUT2D eigenvalue weighted by molar-refractivity contribution is 5.97. The number of nitrogens with one attached hydrogen (secondary N) is 2. The third-order valence-corrected chi connectivity index (χ3v) is 5.24. The van der Waals surface area contributed by atoms with E-state index in [-0.39, 0.29) is 11.9 Å². The number of anilines is 1. The molecule has 1 aliphatic heterocycles. The van der Waals surface area contributed by atoms with Crippen molar-refractivity contribution in [1.82, 2.24) is 34.4 Å². The number of nitrogens with zero attached hydrogens (tertiary/aromatic N) is 6. The Morgan fingerprint density at radius 3 is 3.03 bits per heavy atom. The van der Waals surface area contributed by atoms with Crippen molar-refractivity contribution in [3.63, 3.8) is 0 Å². The SMILES string of the molecule is COc1nc(N[C@@H]2CCC(=O)N(C)C2)nc2[nH]cc(-c3ccc4ncnn4c3)c12. The molecule has 0 spiro atoms. The van der Waals surface area contributed by atoms with Crippen molar-refractivity contribution < 1.29 is 9.53 Å². The maximum absolute atomic E-state index is 11.7. The molecule has 0 saturated carbocycles. The molecular weight excluding hydrogens is 372 g/mol. The minimum Gasteiger partial charge on any atom is -0.480 e. The lowest BCUT2D eigenvalue weighted by Gasteiger charge is -2.30. The molecule has 1 amide bonds. The van der Waals surface area contributed by atoms with Crippen molar-refractivity contribution in [3.05, 3.63) is 30.9 Å². The van der Waals surface area contributed by atoms with Gasteiger partial charge in [0.05, 0.1) is 12.5 Å². The third kappa shape index (κ3) is 3.02. The second-order valence-corrected chi connectivity index (χ2v) is 7.12. The first-order chi connectivity index (χ1) is 14.1. The minimum absolute atomic E-state index is 0.101. The van der Waals surface area contributed by atoms with Crippen LogP contribution < -0.4 is 10.1 Å². The van der Waals surface area contributed by atoms with Crippen molar-refractivity contribution in [1.29, 1.82) is 0 Å². The molecule has 1 saturated heterocycles. The number of hydrogen-bond acceptors (Lipinski definition) is 7. The summed E-state index contributed by atoms with van der Waals surface area (Å²) >= 11 is 0. The maximum Gasteiger partial charge on any atom is 0.228 e. The van der Waals surface area contributed by atoms with E-state index in [2.05, 4.69) is 30.4 Å². The third-order valence-electron chi connectivity index (χ3n) is 5.24. The molecule has 0 aromatic carbocycles. The molecule has 4 aromatic heterocycles. The van der Waals surface area contributed by atoms with E-state index in [1.807, 2.05) is 31.6 Å². The van der Waals surface area contributed by atoms with Gasteiger partial charge in [-0.05, 0) is 18.6 Å². The van der Waals surface area contributed by atoms with Crippen LogP contribution in [0.3, 0.4) is 0 Å². The molecule has 1 atom stereocenters. The number of pyridine rings is 1. The highest BCUT2D eigenvalue weighted by Gasteiger charge is 2.24. The quantitative estimate of drug-likeness (QED) is 0.543. The van der Waals surface area contributed by atoms with Crippen LogP contribution in [0.25, 0.3) is 27.8 Å². The summed E-state index contributed by atoms with van der Waals surface area (Å²) in [5.74, 6) is 1.12. The van der Waals surface area contributed by atoms with Crippen molar-refractivity contribution in [2.75, 3.05) is 26.0 Å². The standard InChI is InChI=1S/C19H20N8O2/c1-26-9-12(4-6-15(26)28)23-19-24-17-16(18(25-19)29-2)13(7-20-17)11-3-5-14-21-10-22-27(14)8-11/h3,5,7-8,10,12H,4,6,9H2,1-2H3,(H2,20,23,24,25)/t12-/m1/s1. The van der Waals surface area contributed by atoms with E-state index in [4.69, 9.17) is 4.74 Å². The smallest absolute Gasteiger partial charge is 0.228 e. The lowest BCUT2D eigenvalue weighted by atomic mass is 10.1. The predicted octanol–water partition coefficient (Wildman–Crippen LogP) is 1.71. The number of rotatable bonds is 4. The monoisotopic (exact) mass is 392 g/mol. The number of likely N-dealkylation sites (N-methyl/N-ethyl adjacent to an activating group) is 1. The summed E-state index contributed by atoms with van der Waals surface area (Å²) in [6, 6.07) is 3.99. The van der Waals surface area contributed by atoms with Crippen LogP contribution in [0, 0.1) is 0 Å². The van der Waals surface area contributed by atoms with Crippen molar-refractivity contribution in [2.24, 2.45) is 0 Å². The number of amides is 1. The molecule has 29 heavy (non-hydrogen) atoms. The Labute approximate surface area is 165 Å². The summed E-state index contributed by atoms with van der Waals surface area (Å²) in [5.41, 5.74) is 3.32. The van der Waals surface area contributed by atoms with Gasteiger partial charge in [-0.25, -0.2) is 9.50 Å². The Balaban J connectivity index is 1.51. The first-order valence-corrected chi connectivity index (χ1v) is 9.36.